The summed E-state index contributed by atoms with van der Waals surface area (Å²) in [5.41, 5.74) is 7.27. The van der Waals surface area contributed by atoms with Crippen molar-refractivity contribution in [1.82, 2.24) is 19.5 Å². The SMILES string of the molecule is CCC(CC)Cn1cnc2c(N)ncnc21. The number of anilines is 1. The number of nitrogen functional groups attached to an aromatic ring is 1. The molecule has 86 valence electrons. The van der Waals surface area contributed by atoms with Crippen LogP contribution < -0.4 is 5.73 Å². The van der Waals surface area contributed by atoms with E-state index in [2.05, 4.69) is 33.4 Å². The Kier molecular flexibility index (Phi) is 3.03. The van der Waals surface area contributed by atoms with E-state index in [1.807, 2.05) is 0 Å². The lowest BCUT2D eigenvalue weighted by Gasteiger charge is -2.12. The zero-order valence-corrected chi connectivity index (χ0v) is 9.72. The first-order valence-electron chi connectivity index (χ1n) is 5.67. The largest absolute Gasteiger partial charge is 0.382 e. The van der Waals surface area contributed by atoms with Gasteiger partial charge in [0.2, 0.25) is 0 Å². The minimum atomic E-state index is 0.452. The van der Waals surface area contributed by atoms with E-state index in [1.54, 1.807) is 6.33 Å². The van der Waals surface area contributed by atoms with E-state index in [0.717, 1.165) is 25.0 Å². The second-order valence-corrected chi connectivity index (χ2v) is 4.01. The number of fused-ring (bicyclic) bond motifs is 1. The molecular weight excluding hydrogens is 202 g/mol. The topological polar surface area (TPSA) is 69.6 Å². The molecule has 2 rings (SSSR count). The Bertz CT molecular complexity index is 472. The Balaban J connectivity index is 2.35. The predicted octanol–water partition coefficient (Wildman–Crippen LogP) is 1.84. The minimum Gasteiger partial charge on any atom is -0.382 e. The van der Waals surface area contributed by atoms with Crippen molar-refractivity contribution < 1.29 is 0 Å². The molecule has 0 aliphatic heterocycles. The molecule has 0 atom stereocenters. The highest BCUT2D eigenvalue weighted by atomic mass is 15.1. The fourth-order valence-corrected chi connectivity index (χ4v) is 1.86. The van der Waals surface area contributed by atoms with Gasteiger partial charge in [-0.05, 0) is 5.92 Å². The van der Waals surface area contributed by atoms with Gasteiger partial charge in [0.15, 0.2) is 11.5 Å². The number of aromatic nitrogens is 4. The minimum absolute atomic E-state index is 0.452. The Labute approximate surface area is 94.7 Å². The molecule has 0 bridgehead atoms. The van der Waals surface area contributed by atoms with Gasteiger partial charge in [-0.25, -0.2) is 15.0 Å². The Morgan fingerprint density at radius 1 is 1.25 bits per heavy atom. The van der Waals surface area contributed by atoms with Crippen LogP contribution in [-0.2, 0) is 6.54 Å². The van der Waals surface area contributed by atoms with E-state index in [-0.39, 0.29) is 0 Å². The molecule has 5 nitrogen and oxygen atoms in total. The lowest BCUT2D eigenvalue weighted by Crippen LogP contribution is -2.08. The van der Waals surface area contributed by atoms with Crippen molar-refractivity contribution in [2.45, 2.75) is 33.2 Å². The summed E-state index contributed by atoms with van der Waals surface area (Å²) < 4.78 is 2.06. The maximum absolute atomic E-state index is 5.74. The number of hydrogen-bond donors (Lipinski definition) is 1. The van der Waals surface area contributed by atoms with E-state index < -0.39 is 0 Å². The summed E-state index contributed by atoms with van der Waals surface area (Å²) >= 11 is 0. The van der Waals surface area contributed by atoms with Gasteiger partial charge in [0, 0.05) is 6.54 Å². The van der Waals surface area contributed by atoms with Gasteiger partial charge in [0.25, 0.3) is 0 Å². The summed E-state index contributed by atoms with van der Waals surface area (Å²) in [7, 11) is 0. The van der Waals surface area contributed by atoms with Gasteiger partial charge in [-0.3, -0.25) is 0 Å². The second kappa shape index (κ2) is 4.47. The zero-order valence-electron chi connectivity index (χ0n) is 9.72. The summed E-state index contributed by atoms with van der Waals surface area (Å²) in [4.78, 5) is 12.4. The average molecular weight is 219 g/mol. The van der Waals surface area contributed by atoms with Crippen LogP contribution in [0.5, 0.6) is 0 Å². The van der Waals surface area contributed by atoms with Gasteiger partial charge >= 0.3 is 0 Å². The number of hydrogen-bond acceptors (Lipinski definition) is 4. The van der Waals surface area contributed by atoms with Gasteiger partial charge in [0.05, 0.1) is 6.33 Å². The molecule has 0 saturated heterocycles. The fraction of sp³-hybridized carbons (Fsp3) is 0.545. The lowest BCUT2D eigenvalue weighted by molar-refractivity contribution is 0.423. The van der Waals surface area contributed by atoms with Gasteiger partial charge in [-0.1, -0.05) is 26.7 Å². The highest BCUT2D eigenvalue weighted by Gasteiger charge is 2.10. The van der Waals surface area contributed by atoms with Crippen molar-refractivity contribution >= 4 is 17.0 Å². The molecule has 0 saturated carbocycles. The van der Waals surface area contributed by atoms with Crippen LogP contribution in [-0.4, -0.2) is 19.5 Å². The molecule has 0 aliphatic carbocycles. The lowest BCUT2D eigenvalue weighted by atomic mass is 10.0. The molecule has 16 heavy (non-hydrogen) atoms. The van der Waals surface area contributed by atoms with E-state index in [1.165, 1.54) is 6.33 Å². The number of imidazole rings is 1. The summed E-state index contributed by atoms with van der Waals surface area (Å²) in [6, 6.07) is 0. The molecule has 0 radical (unpaired) electrons. The monoisotopic (exact) mass is 219 g/mol. The van der Waals surface area contributed by atoms with Gasteiger partial charge in [0.1, 0.15) is 11.8 Å². The molecule has 0 spiro atoms. The first-order valence-corrected chi connectivity index (χ1v) is 5.67. The standard InChI is InChI=1S/C11H17N5/c1-3-8(4-2)5-16-7-15-9-10(12)13-6-14-11(9)16/h6-8H,3-5H2,1-2H3,(H2,12,13,14). The Hall–Kier alpha value is -1.65. The molecule has 0 aliphatic rings. The van der Waals surface area contributed by atoms with Gasteiger partial charge in [-0.2, -0.15) is 0 Å². The first kappa shape index (κ1) is 10.9. The Morgan fingerprint density at radius 2 is 2.00 bits per heavy atom. The zero-order chi connectivity index (χ0) is 11.5. The third-order valence-electron chi connectivity index (χ3n) is 3.04. The third-order valence-corrected chi connectivity index (χ3v) is 3.04. The van der Waals surface area contributed by atoms with Crippen LogP contribution in [0.25, 0.3) is 11.2 Å². The molecule has 5 heteroatoms. The van der Waals surface area contributed by atoms with Crippen LogP contribution in [0.1, 0.15) is 26.7 Å². The summed E-state index contributed by atoms with van der Waals surface area (Å²) in [6.45, 7) is 5.35. The van der Waals surface area contributed by atoms with E-state index >= 15 is 0 Å². The normalized spacial score (nSPS) is 11.4. The molecule has 2 heterocycles. The molecule has 0 amide bonds. The number of rotatable bonds is 4. The van der Waals surface area contributed by atoms with Crippen molar-refractivity contribution in [3.05, 3.63) is 12.7 Å². The first-order chi connectivity index (χ1) is 7.76. The smallest absolute Gasteiger partial charge is 0.165 e. The number of nitrogens with two attached hydrogens (primary N) is 1. The van der Waals surface area contributed by atoms with Crippen LogP contribution in [0.4, 0.5) is 5.82 Å². The third kappa shape index (κ3) is 1.85. The average Bonchev–Trinajstić information content (AvgIpc) is 2.71. The van der Waals surface area contributed by atoms with Crippen LogP contribution in [0.15, 0.2) is 12.7 Å². The van der Waals surface area contributed by atoms with Crippen LogP contribution in [0.3, 0.4) is 0 Å². The van der Waals surface area contributed by atoms with Gasteiger partial charge in [-0.15, -0.1) is 0 Å². The highest BCUT2D eigenvalue weighted by molar-refractivity contribution is 5.80. The Morgan fingerprint density at radius 3 is 2.69 bits per heavy atom. The van der Waals surface area contributed by atoms with Crippen molar-refractivity contribution in [2.75, 3.05) is 5.73 Å². The molecule has 0 fully saturated rings. The van der Waals surface area contributed by atoms with Crippen molar-refractivity contribution in [3.63, 3.8) is 0 Å². The van der Waals surface area contributed by atoms with Crippen LogP contribution in [0.2, 0.25) is 0 Å². The molecular formula is C11H17N5. The highest BCUT2D eigenvalue weighted by Crippen LogP contribution is 2.17. The maximum Gasteiger partial charge on any atom is 0.165 e. The van der Waals surface area contributed by atoms with Crippen molar-refractivity contribution in [1.29, 1.82) is 0 Å². The molecule has 0 unspecified atom stereocenters. The van der Waals surface area contributed by atoms with Crippen LogP contribution in [0, 0.1) is 5.92 Å². The molecule has 2 aromatic heterocycles. The number of nitrogens with zero attached hydrogens (tertiary/aromatic N) is 4. The van der Waals surface area contributed by atoms with Crippen molar-refractivity contribution in [2.24, 2.45) is 5.92 Å². The van der Waals surface area contributed by atoms with Gasteiger partial charge < -0.3 is 10.3 Å². The quantitative estimate of drug-likeness (QED) is 0.851. The summed E-state index contributed by atoms with van der Waals surface area (Å²) in [6.07, 6.45) is 5.62. The predicted molar refractivity (Wildman–Crippen MR) is 63.8 cm³/mol. The summed E-state index contributed by atoms with van der Waals surface area (Å²) in [5.74, 6) is 1.11. The van der Waals surface area contributed by atoms with E-state index in [9.17, 15) is 0 Å². The molecule has 0 aromatic carbocycles. The molecule has 2 N–H and O–H groups in total. The summed E-state index contributed by atoms with van der Waals surface area (Å²) in [5, 5.41) is 0. The van der Waals surface area contributed by atoms with E-state index in [0.29, 0.717) is 17.3 Å². The maximum atomic E-state index is 5.74. The van der Waals surface area contributed by atoms with Crippen molar-refractivity contribution in [3.8, 4) is 0 Å². The second-order valence-electron chi connectivity index (χ2n) is 4.01. The van der Waals surface area contributed by atoms with Crippen LogP contribution >= 0.6 is 0 Å². The van der Waals surface area contributed by atoms with E-state index in [4.69, 9.17) is 5.73 Å². The fourth-order valence-electron chi connectivity index (χ4n) is 1.86. The molecule has 2 aromatic rings.